The SMILES string of the molecule is COc1ccc(NC(=O)C(C)Sc2nc(-c3ccccc3)cs2)cc1. The van der Waals surface area contributed by atoms with Crippen LogP contribution in [0.3, 0.4) is 0 Å². The van der Waals surface area contributed by atoms with E-state index < -0.39 is 0 Å². The molecule has 1 heterocycles. The van der Waals surface area contributed by atoms with E-state index >= 15 is 0 Å². The van der Waals surface area contributed by atoms with Crippen molar-refractivity contribution in [3.05, 3.63) is 60.0 Å². The Balaban J connectivity index is 1.60. The van der Waals surface area contributed by atoms with Crippen molar-refractivity contribution in [3.8, 4) is 17.0 Å². The number of nitrogens with one attached hydrogen (secondary N) is 1. The van der Waals surface area contributed by atoms with Crippen molar-refractivity contribution in [3.63, 3.8) is 0 Å². The minimum Gasteiger partial charge on any atom is -0.497 e. The minimum atomic E-state index is -0.239. The lowest BCUT2D eigenvalue weighted by atomic mass is 10.2. The molecule has 128 valence electrons. The van der Waals surface area contributed by atoms with E-state index in [0.717, 1.165) is 27.0 Å². The van der Waals surface area contributed by atoms with Crippen LogP contribution in [0.4, 0.5) is 5.69 Å². The first kappa shape index (κ1) is 17.5. The smallest absolute Gasteiger partial charge is 0.237 e. The quantitative estimate of drug-likeness (QED) is 0.625. The summed E-state index contributed by atoms with van der Waals surface area (Å²) in [5.74, 6) is 0.711. The number of benzene rings is 2. The van der Waals surface area contributed by atoms with Gasteiger partial charge in [-0.25, -0.2) is 4.98 Å². The van der Waals surface area contributed by atoms with E-state index in [1.54, 1.807) is 18.4 Å². The van der Waals surface area contributed by atoms with Gasteiger partial charge in [0.2, 0.25) is 5.91 Å². The number of hydrogen-bond acceptors (Lipinski definition) is 5. The summed E-state index contributed by atoms with van der Waals surface area (Å²) in [4.78, 5) is 17.0. The number of nitrogens with zero attached hydrogens (tertiary/aromatic N) is 1. The van der Waals surface area contributed by atoms with E-state index in [4.69, 9.17) is 4.74 Å². The van der Waals surface area contributed by atoms with Gasteiger partial charge in [-0.3, -0.25) is 4.79 Å². The fraction of sp³-hybridized carbons (Fsp3) is 0.158. The monoisotopic (exact) mass is 370 g/mol. The highest BCUT2D eigenvalue weighted by atomic mass is 32.2. The van der Waals surface area contributed by atoms with Gasteiger partial charge in [-0.15, -0.1) is 11.3 Å². The molecule has 1 unspecified atom stereocenters. The van der Waals surface area contributed by atoms with Gasteiger partial charge in [0.05, 0.1) is 18.1 Å². The number of thiazole rings is 1. The molecule has 0 aliphatic carbocycles. The number of aromatic nitrogens is 1. The van der Waals surface area contributed by atoms with Gasteiger partial charge in [-0.2, -0.15) is 0 Å². The summed E-state index contributed by atoms with van der Waals surface area (Å²) in [5, 5.41) is 4.69. The molecule has 2 aromatic carbocycles. The van der Waals surface area contributed by atoms with Crippen LogP contribution in [0.15, 0.2) is 64.3 Å². The third-order valence-corrected chi connectivity index (χ3v) is 5.63. The summed E-state index contributed by atoms with van der Waals surface area (Å²) >= 11 is 3.02. The largest absolute Gasteiger partial charge is 0.497 e. The Bertz CT molecular complexity index is 832. The molecule has 4 nitrogen and oxygen atoms in total. The maximum atomic E-state index is 12.4. The number of carbonyl (C=O) groups is 1. The molecule has 0 bridgehead atoms. The lowest BCUT2D eigenvalue weighted by molar-refractivity contribution is -0.115. The van der Waals surface area contributed by atoms with E-state index in [1.165, 1.54) is 11.8 Å². The Morgan fingerprint density at radius 2 is 1.88 bits per heavy atom. The van der Waals surface area contributed by atoms with Crippen LogP contribution in [-0.4, -0.2) is 23.3 Å². The molecule has 25 heavy (non-hydrogen) atoms. The van der Waals surface area contributed by atoms with E-state index in [1.807, 2.05) is 66.9 Å². The number of anilines is 1. The van der Waals surface area contributed by atoms with Gasteiger partial charge in [0.15, 0.2) is 4.34 Å². The minimum absolute atomic E-state index is 0.0494. The molecule has 1 amide bonds. The van der Waals surface area contributed by atoms with Gasteiger partial charge in [0.1, 0.15) is 5.75 Å². The van der Waals surface area contributed by atoms with Gasteiger partial charge < -0.3 is 10.1 Å². The Morgan fingerprint density at radius 3 is 2.56 bits per heavy atom. The number of rotatable bonds is 6. The fourth-order valence-corrected chi connectivity index (χ4v) is 4.15. The molecular formula is C19H18N2O2S2. The van der Waals surface area contributed by atoms with E-state index in [9.17, 15) is 4.79 Å². The van der Waals surface area contributed by atoms with Crippen molar-refractivity contribution in [2.45, 2.75) is 16.5 Å². The summed E-state index contributed by atoms with van der Waals surface area (Å²) in [6, 6.07) is 17.3. The summed E-state index contributed by atoms with van der Waals surface area (Å²) in [6.45, 7) is 1.88. The van der Waals surface area contributed by atoms with Crippen LogP contribution in [0.5, 0.6) is 5.75 Å². The van der Waals surface area contributed by atoms with E-state index in [0.29, 0.717) is 0 Å². The maximum Gasteiger partial charge on any atom is 0.237 e. The number of thioether (sulfide) groups is 1. The molecule has 1 N–H and O–H groups in total. The first-order valence-corrected chi connectivity index (χ1v) is 9.54. The standard InChI is InChI=1S/C19H18N2O2S2/c1-13(18(22)20-15-8-10-16(23-2)11-9-15)25-19-21-17(12-24-19)14-6-4-3-5-7-14/h3-13H,1-2H3,(H,20,22). The average Bonchev–Trinajstić information content (AvgIpc) is 3.11. The number of carbonyl (C=O) groups excluding carboxylic acids is 1. The predicted octanol–water partition coefficient (Wildman–Crippen LogP) is 4.94. The highest BCUT2D eigenvalue weighted by Crippen LogP contribution is 2.31. The molecule has 1 aromatic heterocycles. The summed E-state index contributed by atoms with van der Waals surface area (Å²) in [5.41, 5.74) is 2.78. The molecule has 0 saturated heterocycles. The molecule has 6 heteroatoms. The Kier molecular flexibility index (Phi) is 5.73. The molecule has 0 aliphatic rings. The zero-order chi connectivity index (χ0) is 17.6. The van der Waals surface area contributed by atoms with Gasteiger partial charge in [0.25, 0.3) is 0 Å². The number of methoxy groups -OCH3 is 1. The lowest BCUT2D eigenvalue weighted by Crippen LogP contribution is -2.22. The van der Waals surface area contributed by atoms with Gasteiger partial charge >= 0.3 is 0 Å². The highest BCUT2D eigenvalue weighted by Gasteiger charge is 2.17. The molecule has 0 spiro atoms. The Morgan fingerprint density at radius 1 is 1.16 bits per heavy atom. The Labute approximate surface area is 155 Å². The lowest BCUT2D eigenvalue weighted by Gasteiger charge is -2.11. The van der Waals surface area contributed by atoms with Crippen molar-refractivity contribution in [1.82, 2.24) is 4.98 Å². The Hall–Kier alpha value is -2.31. The summed E-state index contributed by atoms with van der Waals surface area (Å²) in [6.07, 6.45) is 0. The van der Waals surface area contributed by atoms with Crippen LogP contribution in [0.2, 0.25) is 0 Å². The predicted molar refractivity (Wildman–Crippen MR) is 104 cm³/mol. The van der Waals surface area contributed by atoms with Crippen LogP contribution in [0.1, 0.15) is 6.92 Å². The molecule has 3 aromatic rings. The van der Waals surface area contributed by atoms with Crippen LogP contribution >= 0.6 is 23.1 Å². The van der Waals surface area contributed by atoms with Crippen LogP contribution < -0.4 is 10.1 Å². The summed E-state index contributed by atoms with van der Waals surface area (Å²) in [7, 11) is 1.62. The molecule has 0 aliphatic heterocycles. The van der Waals surface area contributed by atoms with Crippen molar-refractivity contribution in [2.75, 3.05) is 12.4 Å². The molecule has 1 atom stereocenters. The summed E-state index contributed by atoms with van der Waals surface area (Å²) < 4.78 is 6.00. The molecule has 0 saturated carbocycles. The van der Waals surface area contributed by atoms with Crippen LogP contribution in [0, 0.1) is 0 Å². The van der Waals surface area contributed by atoms with Crippen molar-refractivity contribution in [1.29, 1.82) is 0 Å². The molecule has 0 fully saturated rings. The van der Waals surface area contributed by atoms with Gasteiger partial charge in [-0.1, -0.05) is 42.1 Å². The van der Waals surface area contributed by atoms with Crippen molar-refractivity contribution >= 4 is 34.7 Å². The van der Waals surface area contributed by atoms with Crippen LogP contribution in [0.25, 0.3) is 11.3 Å². The molecular weight excluding hydrogens is 352 g/mol. The number of hydrogen-bond donors (Lipinski definition) is 1. The maximum absolute atomic E-state index is 12.4. The first-order valence-electron chi connectivity index (χ1n) is 7.78. The fourth-order valence-electron chi connectivity index (χ4n) is 2.18. The zero-order valence-corrected chi connectivity index (χ0v) is 15.6. The van der Waals surface area contributed by atoms with Gasteiger partial charge in [0, 0.05) is 16.6 Å². The van der Waals surface area contributed by atoms with Crippen LogP contribution in [-0.2, 0) is 4.79 Å². The topological polar surface area (TPSA) is 51.2 Å². The van der Waals surface area contributed by atoms with E-state index in [-0.39, 0.29) is 11.2 Å². The normalized spacial score (nSPS) is 11.8. The van der Waals surface area contributed by atoms with Gasteiger partial charge in [-0.05, 0) is 31.2 Å². The number of amides is 1. The number of ether oxygens (including phenoxy) is 1. The first-order chi connectivity index (χ1) is 12.2. The average molecular weight is 370 g/mol. The molecule has 3 rings (SSSR count). The van der Waals surface area contributed by atoms with Crippen molar-refractivity contribution < 1.29 is 9.53 Å². The zero-order valence-electron chi connectivity index (χ0n) is 13.9. The molecule has 0 radical (unpaired) electrons. The second kappa shape index (κ2) is 8.18. The van der Waals surface area contributed by atoms with E-state index in [2.05, 4.69) is 10.3 Å². The third-order valence-electron chi connectivity index (χ3n) is 3.56. The second-order valence-electron chi connectivity index (χ2n) is 5.34. The highest BCUT2D eigenvalue weighted by molar-refractivity contribution is 8.02. The second-order valence-corrected chi connectivity index (χ2v) is 7.79. The van der Waals surface area contributed by atoms with Crippen molar-refractivity contribution in [2.24, 2.45) is 0 Å². The third kappa shape index (κ3) is 4.61.